The van der Waals surface area contributed by atoms with Crippen molar-refractivity contribution in [3.8, 4) is 5.82 Å². The Morgan fingerprint density at radius 3 is 2.83 bits per heavy atom. The zero-order valence-corrected chi connectivity index (χ0v) is 6.18. The summed E-state index contributed by atoms with van der Waals surface area (Å²) in [5.74, 6) is 0.327. The van der Waals surface area contributed by atoms with E-state index in [2.05, 4.69) is 9.97 Å². The van der Waals surface area contributed by atoms with E-state index in [0.717, 1.165) is 0 Å². The Hall–Kier alpha value is -1.71. The van der Waals surface area contributed by atoms with E-state index >= 15 is 0 Å². The molecular formula is C8H6FN3. The zero-order valence-electron chi connectivity index (χ0n) is 6.18. The molecule has 0 amide bonds. The molecule has 60 valence electrons. The van der Waals surface area contributed by atoms with Crippen LogP contribution in [0.3, 0.4) is 0 Å². The van der Waals surface area contributed by atoms with Gasteiger partial charge in [0.15, 0.2) is 0 Å². The summed E-state index contributed by atoms with van der Waals surface area (Å²) < 4.78 is 14.1. The third-order valence-corrected chi connectivity index (χ3v) is 1.48. The monoisotopic (exact) mass is 163 g/mol. The minimum atomic E-state index is -0.334. The first-order chi connectivity index (χ1) is 5.86. The smallest absolute Gasteiger partial charge is 0.141 e. The second kappa shape index (κ2) is 2.73. The van der Waals surface area contributed by atoms with Crippen LogP contribution in [0.2, 0.25) is 0 Å². The van der Waals surface area contributed by atoms with Crippen LogP contribution in [0.4, 0.5) is 4.39 Å². The minimum Gasteiger partial charge on any atom is -0.291 e. The normalized spacial score (nSPS) is 10.1. The molecule has 0 bridgehead atoms. The lowest BCUT2D eigenvalue weighted by molar-refractivity contribution is 0.620. The fraction of sp³-hybridized carbons (Fsp3) is 0. The van der Waals surface area contributed by atoms with Gasteiger partial charge in [-0.1, -0.05) is 0 Å². The third kappa shape index (κ3) is 1.18. The van der Waals surface area contributed by atoms with Crippen LogP contribution in [0.1, 0.15) is 0 Å². The van der Waals surface area contributed by atoms with Crippen LogP contribution >= 0.6 is 0 Å². The Bertz CT molecular complexity index is 352. The van der Waals surface area contributed by atoms with Crippen LogP contribution < -0.4 is 0 Å². The van der Waals surface area contributed by atoms with Gasteiger partial charge in [-0.2, -0.15) is 0 Å². The molecule has 12 heavy (non-hydrogen) atoms. The molecule has 0 spiro atoms. The van der Waals surface area contributed by atoms with Gasteiger partial charge in [0.2, 0.25) is 0 Å². The van der Waals surface area contributed by atoms with Gasteiger partial charge in [0.05, 0.1) is 6.20 Å². The molecule has 0 aliphatic rings. The summed E-state index contributed by atoms with van der Waals surface area (Å²) in [7, 11) is 0. The highest BCUT2D eigenvalue weighted by atomic mass is 19.1. The molecule has 0 N–H and O–H groups in total. The van der Waals surface area contributed by atoms with Crippen LogP contribution in [0, 0.1) is 5.82 Å². The average Bonchev–Trinajstić information content (AvgIpc) is 2.58. The van der Waals surface area contributed by atoms with E-state index in [-0.39, 0.29) is 5.82 Å². The number of rotatable bonds is 1. The third-order valence-electron chi connectivity index (χ3n) is 1.48. The molecule has 0 unspecified atom stereocenters. The van der Waals surface area contributed by atoms with Crippen molar-refractivity contribution in [2.24, 2.45) is 0 Å². The van der Waals surface area contributed by atoms with E-state index in [0.29, 0.717) is 5.82 Å². The molecular weight excluding hydrogens is 157 g/mol. The molecule has 2 rings (SSSR count). The van der Waals surface area contributed by atoms with Crippen LogP contribution in [0.25, 0.3) is 5.82 Å². The maximum Gasteiger partial charge on any atom is 0.141 e. The lowest BCUT2D eigenvalue weighted by Gasteiger charge is -1.98. The molecule has 2 aromatic rings. The molecule has 0 saturated heterocycles. The van der Waals surface area contributed by atoms with E-state index in [9.17, 15) is 4.39 Å². The van der Waals surface area contributed by atoms with Crippen molar-refractivity contribution in [2.75, 3.05) is 0 Å². The van der Waals surface area contributed by atoms with Gasteiger partial charge in [0.25, 0.3) is 0 Å². The Balaban J connectivity index is 2.43. The number of imidazole rings is 1. The summed E-state index contributed by atoms with van der Waals surface area (Å²) in [6.07, 6.45) is 6.18. The first-order valence-electron chi connectivity index (χ1n) is 3.46. The summed E-state index contributed by atoms with van der Waals surface area (Å²) in [6.45, 7) is 0. The van der Waals surface area contributed by atoms with E-state index in [1.165, 1.54) is 12.3 Å². The van der Waals surface area contributed by atoms with Crippen LogP contribution in [0.5, 0.6) is 0 Å². The average molecular weight is 163 g/mol. The molecule has 0 aliphatic carbocycles. The van der Waals surface area contributed by atoms with Crippen molar-refractivity contribution in [2.45, 2.75) is 0 Å². The minimum absolute atomic E-state index is 0.334. The first kappa shape index (κ1) is 6.97. The fourth-order valence-corrected chi connectivity index (χ4v) is 0.915. The van der Waals surface area contributed by atoms with Gasteiger partial charge in [-0.3, -0.25) is 4.57 Å². The lowest BCUT2D eigenvalue weighted by atomic mass is 10.4. The largest absolute Gasteiger partial charge is 0.291 e. The number of aromatic nitrogens is 3. The van der Waals surface area contributed by atoms with Gasteiger partial charge in [-0.05, 0) is 12.1 Å². The van der Waals surface area contributed by atoms with Gasteiger partial charge < -0.3 is 0 Å². The number of pyridine rings is 1. The summed E-state index contributed by atoms with van der Waals surface area (Å²) in [6, 6.07) is 2.96. The maximum absolute atomic E-state index is 12.4. The lowest BCUT2D eigenvalue weighted by Crippen LogP contribution is -1.93. The quantitative estimate of drug-likeness (QED) is 0.636. The highest BCUT2D eigenvalue weighted by Gasteiger charge is 1.95. The Kier molecular flexibility index (Phi) is 1.59. The molecule has 0 radical (unpaired) electrons. The van der Waals surface area contributed by atoms with Crippen molar-refractivity contribution in [1.82, 2.24) is 14.5 Å². The molecule has 0 atom stereocenters. The van der Waals surface area contributed by atoms with Gasteiger partial charge in [0, 0.05) is 12.4 Å². The highest BCUT2D eigenvalue weighted by molar-refractivity contribution is 5.21. The predicted molar refractivity (Wildman–Crippen MR) is 41.3 cm³/mol. The van der Waals surface area contributed by atoms with E-state index in [4.69, 9.17) is 0 Å². The van der Waals surface area contributed by atoms with Crippen molar-refractivity contribution in [3.05, 3.63) is 42.9 Å². The Morgan fingerprint density at radius 2 is 2.25 bits per heavy atom. The second-order valence-electron chi connectivity index (χ2n) is 2.30. The molecule has 0 aliphatic heterocycles. The second-order valence-corrected chi connectivity index (χ2v) is 2.30. The molecule has 2 heterocycles. The molecule has 4 heteroatoms. The topological polar surface area (TPSA) is 30.7 Å². The molecule has 3 nitrogen and oxygen atoms in total. The summed E-state index contributed by atoms with van der Waals surface area (Å²) in [5, 5.41) is 0. The van der Waals surface area contributed by atoms with Crippen LogP contribution in [-0.2, 0) is 0 Å². The molecule has 2 aromatic heterocycles. The summed E-state index contributed by atoms with van der Waals surface area (Å²) in [5.41, 5.74) is 0. The molecule has 0 aromatic carbocycles. The van der Waals surface area contributed by atoms with Crippen molar-refractivity contribution < 1.29 is 4.39 Å². The number of nitrogens with zero attached hydrogens (tertiary/aromatic N) is 3. The highest BCUT2D eigenvalue weighted by Crippen LogP contribution is 2.03. The zero-order chi connectivity index (χ0) is 8.39. The first-order valence-corrected chi connectivity index (χ1v) is 3.46. The van der Waals surface area contributed by atoms with Gasteiger partial charge >= 0.3 is 0 Å². The molecule has 0 fully saturated rings. The SMILES string of the molecule is Fc1ccc(-n2ccnc2)nc1. The molecule has 0 saturated carbocycles. The Morgan fingerprint density at radius 1 is 1.33 bits per heavy atom. The standard InChI is InChI=1S/C8H6FN3/c9-7-1-2-8(11-5-7)12-4-3-10-6-12/h1-6H. The van der Waals surface area contributed by atoms with Gasteiger partial charge in [0.1, 0.15) is 18.0 Å². The fourth-order valence-electron chi connectivity index (χ4n) is 0.915. The number of hydrogen-bond acceptors (Lipinski definition) is 2. The van der Waals surface area contributed by atoms with Gasteiger partial charge in [-0.25, -0.2) is 14.4 Å². The Labute approximate surface area is 68.5 Å². The van der Waals surface area contributed by atoms with Crippen molar-refractivity contribution >= 4 is 0 Å². The van der Waals surface area contributed by atoms with E-state index in [1.807, 2.05) is 0 Å². The predicted octanol–water partition coefficient (Wildman–Crippen LogP) is 1.41. The number of halogens is 1. The van der Waals surface area contributed by atoms with Crippen LogP contribution in [-0.4, -0.2) is 14.5 Å². The van der Waals surface area contributed by atoms with Gasteiger partial charge in [-0.15, -0.1) is 0 Å². The van der Waals surface area contributed by atoms with E-state index < -0.39 is 0 Å². The van der Waals surface area contributed by atoms with E-state index in [1.54, 1.807) is 29.4 Å². The van der Waals surface area contributed by atoms with Crippen molar-refractivity contribution in [1.29, 1.82) is 0 Å². The number of hydrogen-bond donors (Lipinski definition) is 0. The van der Waals surface area contributed by atoms with Crippen LogP contribution in [0.15, 0.2) is 37.1 Å². The summed E-state index contributed by atoms with van der Waals surface area (Å²) in [4.78, 5) is 7.72. The summed E-state index contributed by atoms with van der Waals surface area (Å²) >= 11 is 0. The van der Waals surface area contributed by atoms with Crippen molar-refractivity contribution in [3.63, 3.8) is 0 Å². The maximum atomic E-state index is 12.4.